The number of pyridine rings is 1. The zero-order chi connectivity index (χ0) is 24.2. The molecular weight excluding hydrogens is 436 g/mol. The molecule has 7 rings (SSSR count). The van der Waals surface area contributed by atoms with Gasteiger partial charge in [0.05, 0.1) is 23.4 Å². The molecule has 5 heteroatoms. The second-order valence-electron chi connectivity index (χ2n) is 13.1. The Morgan fingerprint density at radius 1 is 1.00 bits per heavy atom. The Kier molecular flexibility index (Phi) is 4.86. The molecule has 3 heterocycles. The first-order valence-corrected chi connectivity index (χ1v) is 13.8. The van der Waals surface area contributed by atoms with Crippen molar-refractivity contribution < 1.29 is 14.9 Å². The van der Waals surface area contributed by atoms with E-state index in [0.29, 0.717) is 17.8 Å². The lowest BCUT2D eigenvalue weighted by molar-refractivity contribution is -0.287. The van der Waals surface area contributed by atoms with Crippen LogP contribution >= 0.6 is 0 Å². The van der Waals surface area contributed by atoms with Crippen molar-refractivity contribution in [2.75, 3.05) is 14.1 Å². The molecule has 5 fully saturated rings. The molecule has 3 aliphatic carbocycles. The fraction of sp³-hybridized carbons (Fsp3) is 0.700. The molecule has 2 N–H and O–H groups in total. The van der Waals surface area contributed by atoms with Crippen LogP contribution in [-0.4, -0.2) is 63.6 Å². The van der Waals surface area contributed by atoms with Gasteiger partial charge in [-0.2, -0.15) is 0 Å². The topological polar surface area (TPSA) is 65.8 Å². The van der Waals surface area contributed by atoms with Gasteiger partial charge in [0.25, 0.3) is 0 Å². The van der Waals surface area contributed by atoms with Crippen molar-refractivity contribution in [2.45, 2.75) is 93.7 Å². The Hall–Kier alpha value is -1.53. The van der Waals surface area contributed by atoms with Gasteiger partial charge in [-0.1, -0.05) is 19.1 Å². The molecule has 0 radical (unpaired) electrons. The SMILES string of the molecule is CN(C)[C@H]1C[C@@]23CC[C@@]4(O2)[C@H](CC[C@]2(C)[C@@H](c5ccc6ccncc6c5)CC[C@H]24)C[C@@H]3[C@@H](O)[C@@H]1O. The van der Waals surface area contributed by atoms with Gasteiger partial charge in [-0.25, -0.2) is 0 Å². The van der Waals surface area contributed by atoms with Gasteiger partial charge in [-0.3, -0.25) is 4.98 Å². The van der Waals surface area contributed by atoms with E-state index in [9.17, 15) is 10.2 Å². The first-order valence-electron chi connectivity index (χ1n) is 13.8. The highest BCUT2D eigenvalue weighted by Gasteiger charge is 2.72. The predicted molar refractivity (Wildman–Crippen MR) is 136 cm³/mol. The minimum Gasteiger partial charge on any atom is -0.390 e. The predicted octanol–water partition coefficient (Wildman–Crippen LogP) is 4.51. The van der Waals surface area contributed by atoms with Crippen LogP contribution in [0, 0.1) is 23.2 Å². The van der Waals surface area contributed by atoms with Crippen LogP contribution in [-0.2, 0) is 4.74 Å². The maximum absolute atomic E-state index is 11.2. The number of benzene rings is 1. The summed E-state index contributed by atoms with van der Waals surface area (Å²) in [5.41, 5.74) is 1.36. The summed E-state index contributed by atoms with van der Waals surface area (Å²) in [6, 6.07) is 9.07. The summed E-state index contributed by atoms with van der Waals surface area (Å²) in [6.45, 7) is 2.55. The van der Waals surface area contributed by atoms with Crippen LogP contribution < -0.4 is 0 Å². The Labute approximate surface area is 208 Å². The summed E-state index contributed by atoms with van der Waals surface area (Å²) in [5.74, 6) is 1.67. The van der Waals surface area contributed by atoms with Gasteiger partial charge in [0.15, 0.2) is 0 Å². The summed E-state index contributed by atoms with van der Waals surface area (Å²) in [7, 11) is 4.04. The Morgan fingerprint density at radius 3 is 2.69 bits per heavy atom. The van der Waals surface area contributed by atoms with Crippen molar-refractivity contribution in [1.82, 2.24) is 9.88 Å². The Balaban J connectivity index is 1.24. The number of aromatic nitrogens is 1. The molecule has 0 unspecified atom stereocenters. The third-order valence-electron chi connectivity index (χ3n) is 11.6. The van der Waals surface area contributed by atoms with Gasteiger partial charge in [0.2, 0.25) is 0 Å². The van der Waals surface area contributed by atoms with Crippen molar-refractivity contribution in [3.8, 4) is 0 Å². The molecule has 2 aromatic rings. The van der Waals surface area contributed by atoms with Gasteiger partial charge in [-0.05, 0) is 112 Å². The van der Waals surface area contributed by atoms with Crippen molar-refractivity contribution in [2.24, 2.45) is 23.2 Å². The van der Waals surface area contributed by atoms with Crippen LogP contribution in [0.2, 0.25) is 0 Å². The number of likely N-dealkylation sites (N-methyl/N-ethyl adjacent to an activating group) is 1. The zero-order valence-electron chi connectivity index (χ0n) is 21.4. The van der Waals surface area contributed by atoms with Gasteiger partial charge in [0.1, 0.15) is 0 Å². The maximum atomic E-state index is 11.2. The van der Waals surface area contributed by atoms with E-state index in [-0.39, 0.29) is 28.6 Å². The van der Waals surface area contributed by atoms with E-state index in [2.05, 4.69) is 41.1 Å². The van der Waals surface area contributed by atoms with E-state index in [1.165, 1.54) is 42.0 Å². The van der Waals surface area contributed by atoms with Crippen molar-refractivity contribution >= 4 is 10.8 Å². The molecule has 2 spiro atoms. The minimum atomic E-state index is -0.692. The highest BCUT2D eigenvalue weighted by molar-refractivity contribution is 5.82. The smallest absolute Gasteiger partial charge is 0.0958 e. The lowest BCUT2D eigenvalue weighted by Crippen LogP contribution is -2.68. The minimum absolute atomic E-state index is 0.0505. The summed E-state index contributed by atoms with van der Waals surface area (Å²) in [5, 5.41) is 24.7. The number of nitrogens with zero attached hydrogens (tertiary/aromatic N) is 2. The van der Waals surface area contributed by atoms with E-state index in [4.69, 9.17) is 4.74 Å². The van der Waals surface area contributed by atoms with Crippen LogP contribution in [0.5, 0.6) is 0 Å². The van der Waals surface area contributed by atoms with E-state index < -0.39 is 12.2 Å². The number of hydrogen-bond acceptors (Lipinski definition) is 5. The normalized spacial score (nSPS) is 48.6. The molecule has 188 valence electrons. The van der Waals surface area contributed by atoms with Crippen molar-refractivity contribution in [1.29, 1.82) is 0 Å². The summed E-state index contributed by atoms with van der Waals surface area (Å²) in [4.78, 5) is 6.46. The maximum Gasteiger partial charge on any atom is 0.0958 e. The van der Waals surface area contributed by atoms with Crippen LogP contribution in [0.25, 0.3) is 10.8 Å². The third kappa shape index (κ3) is 2.93. The molecule has 5 aliphatic rings. The average Bonchev–Trinajstić information content (AvgIpc) is 3.37. The molecular formula is C30H40N2O3. The first-order chi connectivity index (χ1) is 16.8. The molecule has 2 aliphatic heterocycles. The van der Waals surface area contributed by atoms with E-state index in [1.54, 1.807) is 0 Å². The van der Waals surface area contributed by atoms with Crippen LogP contribution in [0.3, 0.4) is 0 Å². The summed E-state index contributed by atoms with van der Waals surface area (Å²) in [6.07, 6.45) is 11.3. The second kappa shape index (κ2) is 7.50. The van der Waals surface area contributed by atoms with Gasteiger partial charge < -0.3 is 19.8 Å². The fourth-order valence-electron chi connectivity index (χ4n) is 9.96. The highest BCUT2D eigenvalue weighted by atomic mass is 16.5. The lowest BCUT2D eigenvalue weighted by Gasteiger charge is -2.62. The Morgan fingerprint density at radius 2 is 1.86 bits per heavy atom. The largest absolute Gasteiger partial charge is 0.390 e. The highest BCUT2D eigenvalue weighted by Crippen LogP contribution is 2.72. The Bertz CT molecular complexity index is 1150. The second-order valence-corrected chi connectivity index (χ2v) is 13.1. The summed E-state index contributed by atoms with van der Waals surface area (Å²) >= 11 is 0. The van der Waals surface area contributed by atoms with E-state index >= 15 is 0 Å². The van der Waals surface area contributed by atoms with E-state index in [0.717, 1.165) is 25.7 Å². The average molecular weight is 477 g/mol. The number of rotatable bonds is 2. The summed E-state index contributed by atoms with van der Waals surface area (Å²) < 4.78 is 7.41. The number of aliphatic hydroxyl groups is 2. The fourth-order valence-corrected chi connectivity index (χ4v) is 9.96. The van der Waals surface area contributed by atoms with Gasteiger partial charge in [-0.15, -0.1) is 0 Å². The number of ether oxygens (including phenoxy) is 1. The van der Waals surface area contributed by atoms with Crippen molar-refractivity contribution in [3.05, 3.63) is 42.2 Å². The van der Waals surface area contributed by atoms with Gasteiger partial charge in [0, 0.05) is 29.7 Å². The van der Waals surface area contributed by atoms with Gasteiger partial charge >= 0.3 is 0 Å². The van der Waals surface area contributed by atoms with Crippen molar-refractivity contribution in [3.63, 3.8) is 0 Å². The first kappa shape index (κ1) is 22.7. The number of fused-ring (bicyclic) bond motifs is 2. The molecule has 1 aromatic heterocycles. The number of aliphatic hydroxyl groups excluding tert-OH is 2. The molecule has 2 bridgehead atoms. The quantitative estimate of drug-likeness (QED) is 0.668. The molecule has 0 amide bonds. The lowest BCUT2D eigenvalue weighted by atomic mass is 9.52. The number of hydrogen-bond donors (Lipinski definition) is 2. The molecule has 5 nitrogen and oxygen atoms in total. The van der Waals surface area contributed by atoms with Crippen LogP contribution in [0.4, 0.5) is 0 Å². The molecule has 35 heavy (non-hydrogen) atoms. The molecule has 1 aromatic carbocycles. The standard InChI is InChI=1S/C30H40N2O3/c1-28-10-8-21-15-23-26(33)27(34)24(32(2)3)16-29(23)11-12-30(21,35-29)25(28)7-6-22(28)19-5-4-18-9-13-31-17-20(18)14-19/h4-5,9,13-14,17,21-27,33-34H,6-8,10-12,15-16H2,1-3H3/t21-,22-,23-,24+,25-,26-,27-,28-,29-,30-/m1/s1. The monoisotopic (exact) mass is 476 g/mol. The van der Waals surface area contributed by atoms with Crippen LogP contribution in [0.15, 0.2) is 36.7 Å². The molecule has 10 atom stereocenters. The third-order valence-corrected chi connectivity index (χ3v) is 11.6. The molecule has 2 saturated heterocycles. The molecule has 3 saturated carbocycles. The zero-order valence-corrected chi connectivity index (χ0v) is 21.4. The van der Waals surface area contributed by atoms with Crippen LogP contribution in [0.1, 0.15) is 69.8 Å². The van der Waals surface area contributed by atoms with E-state index in [1.807, 2.05) is 26.5 Å².